The Balaban J connectivity index is 1.92. The largest absolute Gasteiger partial charge is 0.450 e. The van der Waals surface area contributed by atoms with Gasteiger partial charge in [-0.25, -0.2) is 4.79 Å². The number of hydrogen-bond donors (Lipinski definition) is 0. The molecule has 2 atom stereocenters. The number of piperidine rings is 1. The summed E-state index contributed by atoms with van der Waals surface area (Å²) in [4.78, 5) is 24.7. The molecule has 0 aromatic carbocycles. The lowest BCUT2D eigenvalue weighted by Crippen LogP contribution is -2.46. The maximum Gasteiger partial charge on any atom is 0.409 e. The second-order valence-electron chi connectivity index (χ2n) is 4.74. The highest BCUT2D eigenvalue weighted by atomic mass is 16.6. The molecular weight excluding hydrogens is 206 g/mol. The number of hydrogen-bond acceptors (Lipinski definition) is 3. The number of nitrogens with zero attached hydrogens (tertiary/aromatic N) is 1. The third-order valence-electron chi connectivity index (χ3n) is 3.70. The van der Waals surface area contributed by atoms with E-state index in [0.717, 1.165) is 25.8 Å². The molecule has 0 bridgehead atoms. The average Bonchev–Trinajstić information content (AvgIpc) is 2.28. The molecular formula is C12H19NO3. The first-order valence-corrected chi connectivity index (χ1v) is 6.14. The molecule has 0 unspecified atom stereocenters. The van der Waals surface area contributed by atoms with Gasteiger partial charge in [0.15, 0.2) is 0 Å². The maximum absolute atomic E-state index is 11.6. The highest BCUT2D eigenvalue weighted by molar-refractivity contribution is 5.79. The lowest BCUT2D eigenvalue weighted by molar-refractivity contribution is -0.123. The third kappa shape index (κ3) is 2.36. The molecule has 0 N–H and O–H groups in total. The van der Waals surface area contributed by atoms with E-state index in [4.69, 9.17) is 4.74 Å². The smallest absolute Gasteiger partial charge is 0.409 e. The molecule has 4 nitrogen and oxygen atoms in total. The van der Waals surface area contributed by atoms with Gasteiger partial charge >= 0.3 is 6.09 Å². The Morgan fingerprint density at radius 1 is 1.44 bits per heavy atom. The summed E-state index contributed by atoms with van der Waals surface area (Å²) in [6, 6.07) is 0. The molecule has 1 heterocycles. The van der Waals surface area contributed by atoms with E-state index in [-0.39, 0.29) is 6.09 Å². The molecule has 0 spiro atoms. The Morgan fingerprint density at radius 3 is 3.00 bits per heavy atom. The van der Waals surface area contributed by atoms with E-state index < -0.39 is 0 Å². The predicted molar refractivity (Wildman–Crippen MR) is 59.1 cm³/mol. The van der Waals surface area contributed by atoms with Crippen LogP contribution < -0.4 is 0 Å². The SMILES string of the molecule is CCOC(=O)N1CC[C@@H]2CCC(=O)C[C@H]2C1. The predicted octanol–water partition coefficient (Wildman–Crippen LogP) is 1.83. The van der Waals surface area contributed by atoms with Crippen molar-refractivity contribution in [3.63, 3.8) is 0 Å². The van der Waals surface area contributed by atoms with Crippen molar-refractivity contribution in [3.05, 3.63) is 0 Å². The molecule has 1 saturated carbocycles. The van der Waals surface area contributed by atoms with E-state index in [0.29, 0.717) is 37.2 Å². The Kier molecular flexibility index (Phi) is 3.46. The highest BCUT2D eigenvalue weighted by Gasteiger charge is 2.35. The zero-order valence-corrected chi connectivity index (χ0v) is 9.78. The fourth-order valence-corrected chi connectivity index (χ4v) is 2.81. The van der Waals surface area contributed by atoms with Crippen LogP contribution >= 0.6 is 0 Å². The highest BCUT2D eigenvalue weighted by Crippen LogP contribution is 2.34. The summed E-state index contributed by atoms with van der Waals surface area (Å²) in [7, 11) is 0. The van der Waals surface area contributed by atoms with Crippen molar-refractivity contribution < 1.29 is 14.3 Å². The first-order valence-electron chi connectivity index (χ1n) is 6.14. The molecule has 1 aliphatic heterocycles. The van der Waals surface area contributed by atoms with Gasteiger partial charge in [-0.15, -0.1) is 0 Å². The van der Waals surface area contributed by atoms with Gasteiger partial charge in [0.05, 0.1) is 6.61 Å². The maximum atomic E-state index is 11.6. The number of fused-ring (bicyclic) bond motifs is 1. The van der Waals surface area contributed by atoms with Crippen molar-refractivity contribution >= 4 is 11.9 Å². The summed E-state index contributed by atoms with van der Waals surface area (Å²) in [6.45, 7) is 3.72. The molecule has 2 aliphatic rings. The minimum Gasteiger partial charge on any atom is -0.450 e. The number of ether oxygens (including phenoxy) is 1. The molecule has 0 aromatic rings. The second kappa shape index (κ2) is 4.85. The zero-order chi connectivity index (χ0) is 11.5. The van der Waals surface area contributed by atoms with Crippen LogP contribution in [0.15, 0.2) is 0 Å². The number of likely N-dealkylation sites (tertiary alicyclic amines) is 1. The van der Waals surface area contributed by atoms with E-state index in [1.165, 1.54) is 0 Å². The lowest BCUT2D eigenvalue weighted by Gasteiger charge is -2.40. The van der Waals surface area contributed by atoms with Gasteiger partial charge in [-0.3, -0.25) is 4.79 Å². The van der Waals surface area contributed by atoms with E-state index in [1.54, 1.807) is 4.90 Å². The van der Waals surface area contributed by atoms with Crippen LogP contribution in [0.25, 0.3) is 0 Å². The zero-order valence-electron chi connectivity index (χ0n) is 9.78. The molecule has 2 fully saturated rings. The van der Waals surface area contributed by atoms with Crippen LogP contribution in [0.5, 0.6) is 0 Å². The van der Waals surface area contributed by atoms with Gasteiger partial charge in [0.2, 0.25) is 0 Å². The normalized spacial score (nSPS) is 29.8. The first kappa shape index (κ1) is 11.4. The van der Waals surface area contributed by atoms with Crippen LogP contribution in [-0.4, -0.2) is 36.5 Å². The Bertz CT molecular complexity index is 290. The van der Waals surface area contributed by atoms with Gasteiger partial charge in [-0.05, 0) is 31.6 Å². The summed E-state index contributed by atoms with van der Waals surface area (Å²) in [6.07, 6.45) is 3.21. The number of ketones is 1. The Hall–Kier alpha value is -1.06. The van der Waals surface area contributed by atoms with E-state index in [9.17, 15) is 9.59 Å². The van der Waals surface area contributed by atoms with E-state index in [2.05, 4.69) is 0 Å². The van der Waals surface area contributed by atoms with Crippen LogP contribution in [0, 0.1) is 11.8 Å². The molecule has 1 saturated heterocycles. The van der Waals surface area contributed by atoms with Crippen molar-refractivity contribution in [2.75, 3.05) is 19.7 Å². The van der Waals surface area contributed by atoms with Crippen LogP contribution in [0.1, 0.15) is 32.6 Å². The van der Waals surface area contributed by atoms with Gasteiger partial charge in [0.1, 0.15) is 5.78 Å². The molecule has 1 aliphatic carbocycles. The van der Waals surface area contributed by atoms with Crippen LogP contribution in [0.4, 0.5) is 4.79 Å². The topological polar surface area (TPSA) is 46.6 Å². The number of carbonyl (C=O) groups is 2. The molecule has 2 rings (SSSR count). The summed E-state index contributed by atoms with van der Waals surface area (Å²) in [5.74, 6) is 1.37. The quantitative estimate of drug-likeness (QED) is 0.684. The van der Waals surface area contributed by atoms with Gasteiger partial charge in [-0.2, -0.15) is 0 Å². The first-order chi connectivity index (χ1) is 7.70. The van der Waals surface area contributed by atoms with Crippen molar-refractivity contribution in [3.8, 4) is 0 Å². The summed E-state index contributed by atoms with van der Waals surface area (Å²) < 4.78 is 4.99. The number of rotatable bonds is 1. The van der Waals surface area contributed by atoms with Gasteiger partial charge in [0, 0.05) is 25.9 Å². The van der Waals surface area contributed by atoms with Gasteiger partial charge in [-0.1, -0.05) is 0 Å². The van der Waals surface area contributed by atoms with Crippen LogP contribution in [-0.2, 0) is 9.53 Å². The van der Waals surface area contributed by atoms with Gasteiger partial charge < -0.3 is 9.64 Å². The Morgan fingerprint density at radius 2 is 2.25 bits per heavy atom. The minimum absolute atomic E-state index is 0.223. The van der Waals surface area contributed by atoms with Gasteiger partial charge in [0.25, 0.3) is 0 Å². The minimum atomic E-state index is -0.223. The summed E-state index contributed by atoms with van der Waals surface area (Å²) in [5.41, 5.74) is 0. The fourth-order valence-electron chi connectivity index (χ4n) is 2.81. The number of amides is 1. The monoisotopic (exact) mass is 225 g/mol. The van der Waals surface area contributed by atoms with Crippen molar-refractivity contribution in [1.82, 2.24) is 4.90 Å². The average molecular weight is 225 g/mol. The Labute approximate surface area is 95.9 Å². The number of Topliss-reactive ketones (excluding diaryl/α,β-unsaturated/α-hetero) is 1. The standard InChI is InChI=1S/C12H19NO3/c1-2-16-12(15)13-6-5-9-3-4-11(14)7-10(9)8-13/h9-10H,2-8H2,1H3/t9-,10-/m0/s1. The van der Waals surface area contributed by atoms with E-state index >= 15 is 0 Å². The molecule has 0 radical (unpaired) electrons. The summed E-state index contributed by atoms with van der Waals surface area (Å²) in [5, 5.41) is 0. The lowest BCUT2D eigenvalue weighted by atomic mass is 9.75. The van der Waals surface area contributed by atoms with Crippen LogP contribution in [0.3, 0.4) is 0 Å². The third-order valence-corrected chi connectivity index (χ3v) is 3.70. The molecule has 0 aromatic heterocycles. The summed E-state index contributed by atoms with van der Waals surface area (Å²) >= 11 is 0. The van der Waals surface area contributed by atoms with Crippen molar-refractivity contribution in [2.24, 2.45) is 11.8 Å². The molecule has 1 amide bonds. The molecule has 4 heteroatoms. The van der Waals surface area contributed by atoms with Crippen molar-refractivity contribution in [1.29, 1.82) is 0 Å². The van der Waals surface area contributed by atoms with Crippen molar-refractivity contribution in [2.45, 2.75) is 32.6 Å². The fraction of sp³-hybridized carbons (Fsp3) is 0.833. The molecule has 90 valence electrons. The second-order valence-corrected chi connectivity index (χ2v) is 4.74. The van der Waals surface area contributed by atoms with E-state index in [1.807, 2.05) is 6.92 Å². The van der Waals surface area contributed by atoms with Crippen LogP contribution in [0.2, 0.25) is 0 Å². The number of carbonyl (C=O) groups excluding carboxylic acids is 2. The molecule has 16 heavy (non-hydrogen) atoms.